The zero-order chi connectivity index (χ0) is 16.2. The number of aryl methyl sites for hydroxylation is 1. The van der Waals surface area contributed by atoms with E-state index in [0.717, 1.165) is 18.5 Å². The number of ether oxygens (including phenoxy) is 1. The number of nitrogens with zero attached hydrogens (tertiary/aromatic N) is 2. The van der Waals surface area contributed by atoms with Crippen LogP contribution in [-0.2, 0) is 4.79 Å². The van der Waals surface area contributed by atoms with E-state index in [-0.39, 0.29) is 5.91 Å². The molecule has 2 heterocycles. The molecule has 0 unspecified atom stereocenters. The minimum Gasteiger partial charge on any atom is -0.475 e. The summed E-state index contributed by atoms with van der Waals surface area (Å²) in [6.07, 6.45) is 4.62. The summed E-state index contributed by atoms with van der Waals surface area (Å²) in [7, 11) is 2.09. The number of likely N-dealkylation sites (tertiary alicyclic amines) is 1. The fourth-order valence-electron chi connectivity index (χ4n) is 2.71. The van der Waals surface area contributed by atoms with Crippen LogP contribution in [0.15, 0.2) is 18.3 Å². The van der Waals surface area contributed by atoms with Crippen LogP contribution in [0.4, 0.5) is 0 Å². The summed E-state index contributed by atoms with van der Waals surface area (Å²) >= 11 is 0. The van der Waals surface area contributed by atoms with E-state index in [1.54, 1.807) is 6.20 Å². The number of hydrogen-bond acceptors (Lipinski definition) is 4. The Morgan fingerprint density at radius 2 is 2.27 bits per heavy atom. The Bertz CT molecular complexity index is 499. The van der Waals surface area contributed by atoms with Gasteiger partial charge in [-0.1, -0.05) is 6.07 Å². The molecule has 5 heteroatoms. The Labute approximate surface area is 133 Å². The second-order valence-electron chi connectivity index (χ2n) is 6.88. The van der Waals surface area contributed by atoms with Crippen LogP contribution in [0.3, 0.4) is 0 Å². The largest absolute Gasteiger partial charge is 0.475 e. The minimum absolute atomic E-state index is 0.0872. The predicted molar refractivity (Wildman–Crippen MR) is 87.0 cm³/mol. The molecular formula is C17H27N3O2. The molecule has 122 valence electrons. The number of nitrogens with one attached hydrogen (secondary N) is 1. The molecular weight excluding hydrogens is 278 g/mol. The van der Waals surface area contributed by atoms with E-state index in [0.29, 0.717) is 24.9 Å². The summed E-state index contributed by atoms with van der Waals surface area (Å²) in [6, 6.07) is 4.18. The lowest BCUT2D eigenvalue weighted by Crippen LogP contribution is -2.49. The molecule has 1 aliphatic rings. The number of aromatic nitrogens is 1. The molecule has 1 aliphatic heterocycles. The van der Waals surface area contributed by atoms with Crippen molar-refractivity contribution in [1.29, 1.82) is 0 Å². The van der Waals surface area contributed by atoms with Crippen molar-refractivity contribution >= 4 is 5.91 Å². The van der Waals surface area contributed by atoms with Gasteiger partial charge in [0.15, 0.2) is 0 Å². The molecule has 1 aromatic heterocycles. The van der Waals surface area contributed by atoms with E-state index in [2.05, 4.69) is 22.2 Å². The number of amides is 1. The van der Waals surface area contributed by atoms with E-state index >= 15 is 0 Å². The van der Waals surface area contributed by atoms with Crippen molar-refractivity contribution in [3.63, 3.8) is 0 Å². The Kier molecular flexibility index (Phi) is 5.40. The Morgan fingerprint density at radius 1 is 1.50 bits per heavy atom. The third-order valence-corrected chi connectivity index (χ3v) is 4.04. The minimum atomic E-state index is -0.416. The van der Waals surface area contributed by atoms with Gasteiger partial charge >= 0.3 is 0 Å². The third kappa shape index (κ3) is 4.98. The molecule has 0 saturated carbocycles. The quantitative estimate of drug-likeness (QED) is 0.875. The molecule has 1 atom stereocenters. The summed E-state index contributed by atoms with van der Waals surface area (Å²) in [5.41, 5.74) is 0.682. The van der Waals surface area contributed by atoms with E-state index in [1.165, 1.54) is 6.42 Å². The van der Waals surface area contributed by atoms with Crippen molar-refractivity contribution in [2.75, 3.05) is 20.2 Å². The number of pyridine rings is 1. The van der Waals surface area contributed by atoms with Crippen LogP contribution >= 0.6 is 0 Å². The average Bonchev–Trinajstić information content (AvgIpc) is 2.83. The van der Waals surface area contributed by atoms with Gasteiger partial charge in [-0.2, -0.15) is 0 Å². The van der Waals surface area contributed by atoms with Gasteiger partial charge in [0.25, 0.3) is 0 Å². The van der Waals surface area contributed by atoms with E-state index in [4.69, 9.17) is 4.74 Å². The van der Waals surface area contributed by atoms with E-state index in [1.807, 2.05) is 32.9 Å². The number of carbonyl (C=O) groups is 1. The first-order chi connectivity index (χ1) is 10.4. The number of carbonyl (C=O) groups excluding carboxylic acids is 1. The van der Waals surface area contributed by atoms with Gasteiger partial charge in [0.1, 0.15) is 6.61 Å². The normalized spacial score (nSPS) is 19.2. The molecule has 1 saturated heterocycles. The van der Waals surface area contributed by atoms with Crippen LogP contribution in [0.25, 0.3) is 0 Å². The maximum Gasteiger partial charge on any atom is 0.222 e. The van der Waals surface area contributed by atoms with Crippen LogP contribution in [0.2, 0.25) is 0 Å². The molecule has 0 aromatic carbocycles. The zero-order valence-corrected chi connectivity index (χ0v) is 14.1. The van der Waals surface area contributed by atoms with Gasteiger partial charge in [-0.25, -0.2) is 4.98 Å². The molecule has 22 heavy (non-hydrogen) atoms. The highest BCUT2D eigenvalue weighted by atomic mass is 16.5. The van der Waals surface area contributed by atoms with Crippen molar-refractivity contribution in [2.24, 2.45) is 0 Å². The highest BCUT2D eigenvalue weighted by molar-refractivity contribution is 5.77. The molecule has 1 N–H and O–H groups in total. The highest BCUT2D eigenvalue weighted by Crippen LogP contribution is 2.18. The van der Waals surface area contributed by atoms with Gasteiger partial charge < -0.3 is 15.0 Å². The molecule has 1 aromatic rings. The summed E-state index contributed by atoms with van der Waals surface area (Å²) in [5.74, 6) is 0.674. The number of hydrogen-bond donors (Lipinski definition) is 1. The van der Waals surface area contributed by atoms with Gasteiger partial charge in [0.05, 0.1) is 5.54 Å². The second kappa shape index (κ2) is 7.09. The van der Waals surface area contributed by atoms with E-state index in [9.17, 15) is 4.79 Å². The summed E-state index contributed by atoms with van der Waals surface area (Å²) in [5, 5.41) is 3.07. The Morgan fingerprint density at radius 3 is 2.86 bits per heavy atom. The van der Waals surface area contributed by atoms with Crippen LogP contribution < -0.4 is 10.1 Å². The lowest BCUT2D eigenvalue weighted by molar-refractivity contribution is -0.124. The van der Waals surface area contributed by atoms with E-state index < -0.39 is 5.54 Å². The van der Waals surface area contributed by atoms with Crippen molar-refractivity contribution in [1.82, 2.24) is 15.2 Å². The smallest absolute Gasteiger partial charge is 0.222 e. The lowest BCUT2D eigenvalue weighted by Gasteiger charge is -2.27. The third-order valence-electron chi connectivity index (χ3n) is 4.04. The SMILES string of the molecule is Cc1ccc(OCC(C)(C)NC(=O)C[C@@H]2CCCN2C)nc1. The lowest BCUT2D eigenvalue weighted by atomic mass is 10.1. The molecule has 2 rings (SSSR count). The number of rotatable bonds is 6. The van der Waals surface area contributed by atoms with Gasteiger partial charge in [-0.15, -0.1) is 0 Å². The van der Waals surface area contributed by atoms with Crippen molar-refractivity contribution in [3.8, 4) is 5.88 Å². The summed E-state index contributed by atoms with van der Waals surface area (Å²) in [6.45, 7) is 7.41. The fraction of sp³-hybridized carbons (Fsp3) is 0.647. The molecule has 1 fully saturated rings. The summed E-state index contributed by atoms with van der Waals surface area (Å²) < 4.78 is 5.68. The van der Waals surface area contributed by atoms with Crippen molar-refractivity contribution < 1.29 is 9.53 Å². The van der Waals surface area contributed by atoms with Crippen molar-refractivity contribution in [3.05, 3.63) is 23.9 Å². The molecule has 0 aliphatic carbocycles. The Balaban J connectivity index is 1.79. The zero-order valence-electron chi connectivity index (χ0n) is 14.1. The maximum atomic E-state index is 12.2. The van der Waals surface area contributed by atoms with Crippen molar-refractivity contribution in [2.45, 2.75) is 51.6 Å². The molecule has 0 bridgehead atoms. The first-order valence-corrected chi connectivity index (χ1v) is 7.92. The molecule has 1 amide bonds. The Hall–Kier alpha value is -1.62. The summed E-state index contributed by atoms with van der Waals surface area (Å²) in [4.78, 5) is 18.7. The fourth-order valence-corrected chi connectivity index (χ4v) is 2.71. The highest BCUT2D eigenvalue weighted by Gasteiger charge is 2.27. The topological polar surface area (TPSA) is 54.5 Å². The first-order valence-electron chi connectivity index (χ1n) is 7.92. The van der Waals surface area contributed by atoms with Crippen LogP contribution in [0.1, 0.15) is 38.7 Å². The predicted octanol–water partition coefficient (Wildman–Crippen LogP) is 2.15. The van der Waals surface area contributed by atoms with Gasteiger partial charge in [0, 0.05) is 24.7 Å². The standard InChI is InChI=1S/C17H27N3O2/c1-13-7-8-16(18-11-13)22-12-17(2,3)19-15(21)10-14-6-5-9-20(14)4/h7-8,11,14H,5-6,9-10,12H2,1-4H3,(H,19,21)/t14-/m0/s1. The maximum absolute atomic E-state index is 12.2. The van der Waals surface area contributed by atoms with Gasteiger partial charge in [0.2, 0.25) is 11.8 Å². The molecule has 0 spiro atoms. The second-order valence-corrected chi connectivity index (χ2v) is 6.88. The van der Waals surface area contributed by atoms with Crippen LogP contribution in [0.5, 0.6) is 5.88 Å². The molecule has 0 radical (unpaired) electrons. The van der Waals surface area contributed by atoms with Gasteiger partial charge in [-0.3, -0.25) is 4.79 Å². The van der Waals surface area contributed by atoms with Gasteiger partial charge in [-0.05, 0) is 52.8 Å². The first kappa shape index (κ1) is 16.7. The molecule has 5 nitrogen and oxygen atoms in total. The average molecular weight is 305 g/mol. The monoisotopic (exact) mass is 305 g/mol. The van der Waals surface area contributed by atoms with Crippen LogP contribution in [-0.4, -0.2) is 47.6 Å². The van der Waals surface area contributed by atoms with Crippen LogP contribution in [0, 0.1) is 6.92 Å².